The summed E-state index contributed by atoms with van der Waals surface area (Å²) in [6.07, 6.45) is 3.46. The van der Waals surface area contributed by atoms with E-state index in [1.807, 2.05) is 13.8 Å². The van der Waals surface area contributed by atoms with Crippen LogP contribution in [0.25, 0.3) is 11.0 Å². The van der Waals surface area contributed by atoms with Crippen LogP contribution in [0.2, 0.25) is 0 Å². The predicted molar refractivity (Wildman–Crippen MR) is 110 cm³/mol. The van der Waals surface area contributed by atoms with Crippen molar-refractivity contribution in [1.82, 2.24) is 5.16 Å². The number of morpholine rings is 1. The van der Waals surface area contributed by atoms with Gasteiger partial charge in [-0.15, -0.1) is 0 Å². The summed E-state index contributed by atoms with van der Waals surface area (Å²) in [5.74, 6) is -1.67. The summed E-state index contributed by atoms with van der Waals surface area (Å²) >= 11 is 0. The zero-order valence-electron chi connectivity index (χ0n) is 17.5. The van der Waals surface area contributed by atoms with Crippen LogP contribution >= 0.6 is 0 Å². The predicted octanol–water partition coefficient (Wildman–Crippen LogP) is 2.87. The van der Waals surface area contributed by atoms with E-state index < -0.39 is 22.9 Å². The van der Waals surface area contributed by atoms with Gasteiger partial charge in [0, 0.05) is 25.2 Å². The highest BCUT2D eigenvalue weighted by atomic mass is 19.1. The molecule has 3 heterocycles. The van der Waals surface area contributed by atoms with Crippen LogP contribution in [0.1, 0.15) is 49.9 Å². The van der Waals surface area contributed by atoms with Gasteiger partial charge in [0.15, 0.2) is 17.9 Å². The van der Waals surface area contributed by atoms with Crippen LogP contribution in [0, 0.1) is 11.2 Å². The Labute approximate surface area is 178 Å². The lowest BCUT2D eigenvalue weighted by Crippen LogP contribution is -2.46. The zero-order chi connectivity index (χ0) is 21.9. The van der Waals surface area contributed by atoms with Gasteiger partial charge in [-0.2, -0.15) is 0 Å². The molecule has 2 atom stereocenters. The average molecular weight is 429 g/mol. The van der Waals surface area contributed by atoms with E-state index in [9.17, 15) is 14.4 Å². The van der Waals surface area contributed by atoms with Crippen molar-refractivity contribution in [2.24, 2.45) is 5.41 Å². The van der Waals surface area contributed by atoms with Crippen LogP contribution < -0.4 is 9.80 Å². The number of aromatic nitrogens is 1. The second kappa shape index (κ2) is 7.12. The van der Waals surface area contributed by atoms with Crippen molar-refractivity contribution in [2.45, 2.75) is 51.7 Å². The third-order valence-corrected chi connectivity index (χ3v) is 6.75. The number of ether oxygens (including phenoxy) is 1. The summed E-state index contributed by atoms with van der Waals surface area (Å²) in [5.41, 5.74) is -0.531. The van der Waals surface area contributed by atoms with Gasteiger partial charge in [0.1, 0.15) is 0 Å². The van der Waals surface area contributed by atoms with Gasteiger partial charge in [0.05, 0.1) is 28.7 Å². The van der Waals surface area contributed by atoms with Gasteiger partial charge in [0.25, 0.3) is 5.91 Å². The smallest absolute Gasteiger partial charge is 0.296 e. The van der Waals surface area contributed by atoms with Crippen LogP contribution in [0.5, 0.6) is 0 Å². The van der Waals surface area contributed by atoms with E-state index >= 15 is 4.39 Å². The minimum absolute atomic E-state index is 0.0920. The number of benzene rings is 1. The number of ketones is 1. The first-order valence-electron chi connectivity index (χ1n) is 10.7. The maximum absolute atomic E-state index is 15.6. The first-order chi connectivity index (χ1) is 14.8. The molecule has 5 rings (SSSR count). The van der Waals surface area contributed by atoms with E-state index in [1.165, 1.54) is 11.0 Å². The molecule has 9 heteroatoms. The fraction of sp³-hybridized carbons (Fsp3) is 0.545. The molecule has 0 bridgehead atoms. The van der Waals surface area contributed by atoms with E-state index in [0.717, 1.165) is 12.8 Å². The molecule has 1 aromatic carbocycles. The van der Waals surface area contributed by atoms with Crippen molar-refractivity contribution in [3.63, 3.8) is 0 Å². The number of halogens is 1. The molecule has 0 N–H and O–H groups in total. The molecule has 2 aromatic rings. The highest BCUT2D eigenvalue weighted by molar-refractivity contribution is 6.46. The second-order valence-electron chi connectivity index (χ2n) is 9.00. The average Bonchev–Trinajstić information content (AvgIpc) is 3.42. The SMILES string of the molecule is C[C@@H]1CN(c2c(C=O)cc3c(N4CC5(CCCC5)C(=O)C4=O)noc3c2F)C[C@@H](C)O1. The Morgan fingerprint density at radius 1 is 1.19 bits per heavy atom. The summed E-state index contributed by atoms with van der Waals surface area (Å²) in [6, 6.07) is 1.49. The Balaban J connectivity index is 1.59. The highest BCUT2D eigenvalue weighted by Crippen LogP contribution is 2.46. The Morgan fingerprint density at radius 3 is 2.52 bits per heavy atom. The zero-order valence-corrected chi connectivity index (χ0v) is 17.5. The minimum Gasteiger partial charge on any atom is -0.372 e. The molecule has 3 fully saturated rings. The molecule has 1 amide bonds. The molecule has 3 aliphatic rings. The van der Waals surface area contributed by atoms with Gasteiger partial charge >= 0.3 is 0 Å². The number of carbonyl (C=O) groups is 3. The van der Waals surface area contributed by atoms with Gasteiger partial charge in [-0.25, -0.2) is 4.39 Å². The van der Waals surface area contributed by atoms with Gasteiger partial charge in [-0.05, 0) is 32.8 Å². The summed E-state index contributed by atoms with van der Waals surface area (Å²) in [4.78, 5) is 40.4. The summed E-state index contributed by atoms with van der Waals surface area (Å²) < 4.78 is 26.6. The normalized spacial score (nSPS) is 25.9. The maximum Gasteiger partial charge on any atom is 0.296 e. The minimum atomic E-state index is -0.701. The Morgan fingerprint density at radius 2 is 1.87 bits per heavy atom. The quantitative estimate of drug-likeness (QED) is 0.547. The van der Waals surface area contributed by atoms with Crippen LogP contribution in [-0.4, -0.2) is 55.0 Å². The number of fused-ring (bicyclic) bond motifs is 1. The van der Waals surface area contributed by atoms with Crippen molar-refractivity contribution >= 4 is 40.5 Å². The molecule has 1 spiro atoms. The fourth-order valence-corrected chi connectivity index (χ4v) is 5.41. The molecule has 164 valence electrons. The molecular formula is C22H24FN3O5. The fourth-order valence-electron chi connectivity index (χ4n) is 5.41. The number of amides is 1. The Kier molecular flexibility index (Phi) is 4.62. The van der Waals surface area contributed by atoms with E-state index in [1.54, 1.807) is 4.90 Å². The number of hydrogen-bond acceptors (Lipinski definition) is 7. The standard InChI is InChI=1S/C22H24FN3O5/c1-12-8-25(9-13(2)30-12)17-14(10-27)7-15-18(16(17)23)31-24-20(15)26-11-22(5-3-4-6-22)19(28)21(26)29/h7,10,12-13H,3-6,8-9,11H2,1-2H3/t12-,13-/m1/s1. The van der Waals surface area contributed by atoms with Crippen molar-refractivity contribution in [3.8, 4) is 0 Å². The number of Topliss-reactive ketones (excluding diaryl/α,β-unsaturated/α-hetero) is 1. The molecule has 1 aromatic heterocycles. The number of hydrogen-bond donors (Lipinski definition) is 0. The van der Waals surface area contributed by atoms with Crippen LogP contribution in [0.3, 0.4) is 0 Å². The number of carbonyl (C=O) groups excluding carboxylic acids is 3. The highest BCUT2D eigenvalue weighted by Gasteiger charge is 2.54. The topological polar surface area (TPSA) is 93.0 Å². The summed E-state index contributed by atoms with van der Waals surface area (Å²) in [5, 5.41) is 4.16. The summed E-state index contributed by atoms with van der Waals surface area (Å²) in [7, 11) is 0. The van der Waals surface area contributed by atoms with Crippen LogP contribution in [0.4, 0.5) is 15.9 Å². The molecule has 0 radical (unpaired) electrons. The van der Waals surface area contributed by atoms with E-state index in [4.69, 9.17) is 9.26 Å². The number of rotatable bonds is 3. The molecular weight excluding hydrogens is 405 g/mol. The lowest BCUT2D eigenvalue weighted by molar-refractivity contribution is -0.138. The van der Waals surface area contributed by atoms with Crippen molar-refractivity contribution < 1.29 is 28.0 Å². The lowest BCUT2D eigenvalue weighted by atomic mass is 9.84. The van der Waals surface area contributed by atoms with Crippen molar-refractivity contribution in [1.29, 1.82) is 0 Å². The molecule has 1 saturated carbocycles. The number of aldehydes is 1. The molecule has 0 unspecified atom stereocenters. The van der Waals surface area contributed by atoms with Gasteiger partial charge in [0.2, 0.25) is 11.4 Å². The summed E-state index contributed by atoms with van der Waals surface area (Å²) in [6.45, 7) is 4.85. The molecule has 1 aliphatic carbocycles. The first kappa shape index (κ1) is 20.1. The largest absolute Gasteiger partial charge is 0.372 e. The van der Waals surface area contributed by atoms with E-state index in [0.29, 0.717) is 32.2 Å². The van der Waals surface area contributed by atoms with E-state index in [2.05, 4.69) is 5.16 Å². The number of nitrogens with zero attached hydrogens (tertiary/aromatic N) is 3. The van der Waals surface area contributed by atoms with Gasteiger partial charge in [-0.1, -0.05) is 18.0 Å². The number of anilines is 2. The third-order valence-electron chi connectivity index (χ3n) is 6.75. The molecule has 2 saturated heterocycles. The maximum atomic E-state index is 15.6. The monoisotopic (exact) mass is 429 g/mol. The van der Waals surface area contributed by atoms with Gasteiger partial charge in [-0.3, -0.25) is 19.3 Å². The van der Waals surface area contributed by atoms with Crippen LogP contribution in [0.15, 0.2) is 10.6 Å². The Hall–Kier alpha value is -2.81. The third kappa shape index (κ3) is 2.97. The second-order valence-corrected chi connectivity index (χ2v) is 9.00. The van der Waals surface area contributed by atoms with E-state index in [-0.39, 0.29) is 46.8 Å². The van der Waals surface area contributed by atoms with Crippen molar-refractivity contribution in [3.05, 3.63) is 17.4 Å². The Bertz CT molecular complexity index is 1080. The van der Waals surface area contributed by atoms with Crippen LogP contribution in [-0.2, 0) is 14.3 Å². The molecule has 8 nitrogen and oxygen atoms in total. The van der Waals surface area contributed by atoms with Gasteiger partial charge < -0.3 is 14.2 Å². The first-order valence-corrected chi connectivity index (χ1v) is 10.7. The molecule has 31 heavy (non-hydrogen) atoms. The lowest BCUT2D eigenvalue weighted by Gasteiger charge is -2.37. The molecule has 2 aliphatic heterocycles. The van der Waals surface area contributed by atoms with Crippen molar-refractivity contribution in [2.75, 3.05) is 29.4 Å².